The maximum atomic E-state index is 12.3. The number of methoxy groups -OCH3 is 2. The minimum atomic E-state index is -3.33. The number of aromatic nitrogens is 2. The Hall–Kier alpha value is -1.88. The molecule has 1 aromatic heterocycles. The van der Waals surface area contributed by atoms with Crippen LogP contribution in [0.2, 0.25) is 0 Å². The molecule has 0 radical (unpaired) electrons. The quantitative estimate of drug-likeness (QED) is 0.671. The third kappa shape index (κ3) is 5.03. The minimum absolute atomic E-state index is 0. The Morgan fingerprint density at radius 3 is 2.44 bits per heavy atom. The lowest BCUT2D eigenvalue weighted by molar-refractivity contribution is 0.263. The summed E-state index contributed by atoms with van der Waals surface area (Å²) >= 11 is 0. The van der Waals surface area contributed by atoms with Crippen molar-refractivity contribution in [1.29, 1.82) is 0 Å². The molecule has 32 heavy (non-hydrogen) atoms. The van der Waals surface area contributed by atoms with Gasteiger partial charge in [0.25, 0.3) is 10.2 Å². The van der Waals surface area contributed by atoms with Gasteiger partial charge in [-0.15, -0.1) is 12.4 Å². The van der Waals surface area contributed by atoms with Gasteiger partial charge in [-0.25, -0.2) is 14.7 Å². The molecule has 1 atom stereocenters. The normalized spacial score (nSPS) is 21.8. The SMILES string of the molecule is COc1cc2ncnc(N3CCC(CCN4C(C)CCNS4(=O)=O)CC3)c2cc1OC.Cl. The second-order valence-corrected chi connectivity index (χ2v) is 10.00. The molecule has 1 unspecified atom stereocenters. The number of piperidine rings is 1. The summed E-state index contributed by atoms with van der Waals surface area (Å²) in [5, 5.41) is 0.943. The van der Waals surface area contributed by atoms with Gasteiger partial charge in [0.05, 0.1) is 19.7 Å². The molecule has 2 saturated heterocycles. The molecule has 1 aromatic carbocycles. The zero-order valence-electron chi connectivity index (χ0n) is 18.8. The van der Waals surface area contributed by atoms with Crippen LogP contribution in [0.25, 0.3) is 10.9 Å². The highest BCUT2D eigenvalue weighted by molar-refractivity contribution is 7.87. The van der Waals surface area contributed by atoms with Gasteiger partial charge in [-0.1, -0.05) is 0 Å². The summed E-state index contributed by atoms with van der Waals surface area (Å²) < 4.78 is 39.7. The number of nitrogens with zero attached hydrogens (tertiary/aromatic N) is 4. The van der Waals surface area contributed by atoms with Crippen molar-refractivity contribution in [2.45, 2.75) is 38.6 Å². The van der Waals surface area contributed by atoms with Crippen molar-refractivity contribution < 1.29 is 17.9 Å². The standard InChI is InChI=1S/C21H31N5O4S.ClH/c1-15-4-8-24-31(27,28)26(15)11-7-16-5-9-25(10-6-16)21-17-12-19(29-2)20(30-3)13-18(17)22-14-23-21;/h12-16,24H,4-11H2,1-3H3;1H. The lowest BCUT2D eigenvalue weighted by Crippen LogP contribution is -2.52. The van der Waals surface area contributed by atoms with E-state index in [0.717, 1.165) is 55.5 Å². The molecule has 0 amide bonds. The molecule has 2 fully saturated rings. The fraction of sp³-hybridized carbons (Fsp3) is 0.619. The Balaban J connectivity index is 0.00000289. The molecule has 0 aliphatic carbocycles. The largest absolute Gasteiger partial charge is 0.493 e. The monoisotopic (exact) mass is 485 g/mol. The first-order valence-corrected chi connectivity index (χ1v) is 12.2. The Labute approximate surface area is 196 Å². The summed E-state index contributed by atoms with van der Waals surface area (Å²) in [6.07, 6.45) is 5.34. The first kappa shape index (κ1) is 24.8. The fourth-order valence-corrected chi connectivity index (χ4v) is 6.03. The number of hydrogen-bond acceptors (Lipinski definition) is 7. The van der Waals surface area contributed by atoms with Crippen LogP contribution in [0.15, 0.2) is 18.5 Å². The summed E-state index contributed by atoms with van der Waals surface area (Å²) in [6, 6.07) is 3.87. The molecular weight excluding hydrogens is 454 g/mol. The summed E-state index contributed by atoms with van der Waals surface area (Å²) in [4.78, 5) is 11.2. The van der Waals surface area contributed by atoms with E-state index in [0.29, 0.717) is 30.5 Å². The molecule has 2 aliphatic rings. The molecule has 2 aromatic rings. The van der Waals surface area contributed by atoms with E-state index in [1.54, 1.807) is 24.9 Å². The van der Waals surface area contributed by atoms with Gasteiger partial charge in [0.2, 0.25) is 0 Å². The highest BCUT2D eigenvalue weighted by Crippen LogP contribution is 2.36. The number of anilines is 1. The average molecular weight is 486 g/mol. The maximum absolute atomic E-state index is 12.3. The number of benzene rings is 1. The van der Waals surface area contributed by atoms with Crippen LogP contribution in [0.3, 0.4) is 0 Å². The van der Waals surface area contributed by atoms with E-state index in [4.69, 9.17) is 9.47 Å². The van der Waals surface area contributed by atoms with Crippen molar-refractivity contribution in [3.05, 3.63) is 18.5 Å². The van der Waals surface area contributed by atoms with E-state index in [9.17, 15) is 8.42 Å². The third-order valence-corrected chi connectivity index (χ3v) is 8.17. The van der Waals surface area contributed by atoms with Gasteiger partial charge >= 0.3 is 0 Å². The first-order valence-electron chi connectivity index (χ1n) is 10.8. The Bertz CT molecular complexity index is 1030. The lowest BCUT2D eigenvalue weighted by Gasteiger charge is -2.36. The zero-order chi connectivity index (χ0) is 22.0. The van der Waals surface area contributed by atoms with Crippen LogP contribution in [0.5, 0.6) is 11.5 Å². The van der Waals surface area contributed by atoms with E-state index in [2.05, 4.69) is 19.6 Å². The first-order chi connectivity index (χ1) is 14.9. The molecule has 11 heteroatoms. The molecule has 4 rings (SSSR count). The van der Waals surface area contributed by atoms with Crippen LogP contribution in [-0.2, 0) is 10.2 Å². The van der Waals surface area contributed by atoms with Crippen molar-refractivity contribution >= 4 is 39.3 Å². The van der Waals surface area contributed by atoms with Crippen molar-refractivity contribution in [3.8, 4) is 11.5 Å². The second-order valence-electron chi connectivity index (χ2n) is 8.29. The van der Waals surface area contributed by atoms with Crippen LogP contribution in [0.1, 0.15) is 32.6 Å². The van der Waals surface area contributed by atoms with Crippen LogP contribution in [0, 0.1) is 5.92 Å². The Kier molecular flexibility index (Phi) is 8.02. The Morgan fingerprint density at radius 1 is 1.09 bits per heavy atom. The fourth-order valence-electron chi connectivity index (χ4n) is 4.57. The maximum Gasteiger partial charge on any atom is 0.279 e. The van der Waals surface area contributed by atoms with Crippen molar-refractivity contribution in [1.82, 2.24) is 19.0 Å². The van der Waals surface area contributed by atoms with E-state index < -0.39 is 10.2 Å². The minimum Gasteiger partial charge on any atom is -0.493 e. The van der Waals surface area contributed by atoms with Crippen molar-refractivity contribution in [3.63, 3.8) is 0 Å². The van der Waals surface area contributed by atoms with Crippen LogP contribution in [0.4, 0.5) is 5.82 Å². The van der Waals surface area contributed by atoms with Crippen LogP contribution < -0.4 is 19.1 Å². The number of halogens is 1. The van der Waals surface area contributed by atoms with Gasteiger partial charge in [-0.05, 0) is 44.6 Å². The van der Waals surface area contributed by atoms with E-state index in [-0.39, 0.29) is 18.4 Å². The van der Waals surface area contributed by atoms with Gasteiger partial charge in [-0.2, -0.15) is 12.7 Å². The molecular formula is C21H32ClN5O4S. The predicted octanol–water partition coefficient (Wildman–Crippen LogP) is 2.60. The molecule has 3 heterocycles. The highest BCUT2D eigenvalue weighted by atomic mass is 35.5. The second kappa shape index (κ2) is 10.4. The third-order valence-electron chi connectivity index (χ3n) is 6.44. The van der Waals surface area contributed by atoms with E-state index in [1.807, 2.05) is 19.1 Å². The number of hydrogen-bond donors (Lipinski definition) is 1. The van der Waals surface area contributed by atoms with Crippen molar-refractivity contribution in [2.75, 3.05) is 45.3 Å². The van der Waals surface area contributed by atoms with Crippen molar-refractivity contribution in [2.24, 2.45) is 5.92 Å². The van der Waals surface area contributed by atoms with Gasteiger partial charge in [0.15, 0.2) is 11.5 Å². The van der Waals surface area contributed by atoms with E-state index in [1.165, 1.54) is 0 Å². The molecule has 0 saturated carbocycles. The van der Waals surface area contributed by atoms with Crippen LogP contribution in [-0.4, -0.2) is 69.1 Å². The molecule has 1 N–H and O–H groups in total. The topological polar surface area (TPSA) is 96.9 Å². The number of rotatable bonds is 6. The van der Waals surface area contributed by atoms with E-state index >= 15 is 0 Å². The van der Waals surface area contributed by atoms with Gasteiger partial charge in [-0.3, -0.25) is 0 Å². The van der Waals surface area contributed by atoms with Gasteiger partial charge in [0.1, 0.15) is 12.1 Å². The van der Waals surface area contributed by atoms with Gasteiger partial charge in [0, 0.05) is 43.7 Å². The smallest absolute Gasteiger partial charge is 0.279 e. The predicted molar refractivity (Wildman–Crippen MR) is 127 cm³/mol. The number of fused-ring (bicyclic) bond motifs is 1. The molecule has 178 valence electrons. The average Bonchev–Trinajstić information content (AvgIpc) is 2.77. The number of nitrogens with one attached hydrogen (secondary N) is 1. The molecule has 2 aliphatic heterocycles. The highest BCUT2D eigenvalue weighted by Gasteiger charge is 2.32. The van der Waals surface area contributed by atoms with Gasteiger partial charge < -0.3 is 14.4 Å². The van der Waals surface area contributed by atoms with Crippen LogP contribution >= 0.6 is 12.4 Å². The Morgan fingerprint density at radius 2 is 1.78 bits per heavy atom. The summed E-state index contributed by atoms with van der Waals surface area (Å²) in [5.41, 5.74) is 0.821. The summed E-state index contributed by atoms with van der Waals surface area (Å²) in [6.45, 7) is 4.86. The number of ether oxygens (including phenoxy) is 2. The lowest BCUT2D eigenvalue weighted by atomic mass is 9.93. The summed E-state index contributed by atoms with van der Waals surface area (Å²) in [5.74, 6) is 2.71. The zero-order valence-corrected chi connectivity index (χ0v) is 20.4. The molecule has 0 spiro atoms. The summed E-state index contributed by atoms with van der Waals surface area (Å²) in [7, 11) is -0.0940. The molecule has 0 bridgehead atoms. The molecule has 9 nitrogen and oxygen atoms in total.